The number of benzene rings is 1. The number of likely N-dealkylation sites (tertiary alicyclic amines) is 1. The summed E-state index contributed by atoms with van der Waals surface area (Å²) in [4.78, 5) is 65.1. The van der Waals surface area contributed by atoms with E-state index in [9.17, 15) is 32.3 Å². The van der Waals surface area contributed by atoms with Gasteiger partial charge in [-0.2, -0.15) is 13.2 Å². The third-order valence-corrected chi connectivity index (χ3v) is 12.6. The van der Waals surface area contributed by atoms with Crippen molar-refractivity contribution in [3.8, 4) is 0 Å². The number of carbonyl (C=O) groups excluding carboxylic acids is 4. The molecule has 1 aromatic heterocycles. The molecule has 4 amide bonds. The molecular weight excluding hydrogens is 834 g/mol. The van der Waals surface area contributed by atoms with Gasteiger partial charge in [-0.25, -0.2) is 14.8 Å². The Morgan fingerprint density at radius 2 is 1.47 bits per heavy atom. The van der Waals surface area contributed by atoms with Crippen LogP contribution >= 0.6 is 0 Å². The highest BCUT2D eigenvalue weighted by molar-refractivity contribution is 5.93. The van der Waals surface area contributed by atoms with Gasteiger partial charge in [-0.15, -0.1) is 0 Å². The molecule has 358 valence electrons. The number of hydrogen-bond acceptors (Lipinski definition) is 11. The Balaban J connectivity index is 1.01. The van der Waals surface area contributed by atoms with Gasteiger partial charge in [0.15, 0.2) is 0 Å². The van der Waals surface area contributed by atoms with Crippen LogP contribution in [0.5, 0.6) is 0 Å². The van der Waals surface area contributed by atoms with Gasteiger partial charge in [0, 0.05) is 75.4 Å². The van der Waals surface area contributed by atoms with Crippen LogP contribution in [0, 0.1) is 11.8 Å². The van der Waals surface area contributed by atoms with E-state index < -0.39 is 29.5 Å². The molecule has 2 heterocycles. The number of alkyl halides is 3. The van der Waals surface area contributed by atoms with Crippen molar-refractivity contribution in [3.05, 3.63) is 30.1 Å². The third-order valence-electron chi connectivity index (χ3n) is 12.6. The molecule has 4 atom stereocenters. The van der Waals surface area contributed by atoms with Gasteiger partial charge >= 0.3 is 12.3 Å². The number of ether oxygens (including phenoxy) is 3. The Hall–Kier alpha value is -4.29. The summed E-state index contributed by atoms with van der Waals surface area (Å²) in [6.45, 7) is 13.6. The number of amides is 4. The van der Waals surface area contributed by atoms with E-state index in [-0.39, 0.29) is 58.9 Å². The number of alkyl carbamates (subject to hydrolysis) is 1. The van der Waals surface area contributed by atoms with Gasteiger partial charge in [0.1, 0.15) is 23.8 Å². The van der Waals surface area contributed by atoms with Crippen LogP contribution in [0.1, 0.15) is 117 Å². The highest BCUT2D eigenvalue weighted by Crippen LogP contribution is 2.35. The maximum atomic E-state index is 14.0. The van der Waals surface area contributed by atoms with E-state index in [0.717, 1.165) is 31.4 Å². The molecule has 0 radical (unpaired) electrons. The molecule has 2 aromatic rings. The van der Waals surface area contributed by atoms with Gasteiger partial charge in [0.25, 0.3) is 0 Å². The number of carbonyl (C=O) groups is 4. The molecule has 5 rings (SSSR count). The third kappa shape index (κ3) is 15.1. The van der Waals surface area contributed by atoms with Gasteiger partial charge in [-0.1, -0.05) is 0 Å². The van der Waals surface area contributed by atoms with Crippen molar-refractivity contribution in [2.24, 2.45) is 11.8 Å². The summed E-state index contributed by atoms with van der Waals surface area (Å²) in [7, 11) is 2.09. The standard InChI is InChI=1S/C46H71F3N8O7/c1-30(2)56(6)34-16-18-39(57-22-19-37(43(57)60)54-40-35-27-33(46(47,48)49)15-17-36(35)52-29-53-40)38(28-34)55-42(59)32-13-11-31(12-14-32)41(58)50-20-9-25-62-23-7-8-24-63-26-10-21-51-44(61)64-45(3,4)5/h15,17,27,29-32,34,37-39H,7-14,16,18-26,28H2,1-6H3,(H,50,58)(H,51,61)(H,55,59)(H,52,53,54)/t31?,32?,34-,37+,38-,39+/m1/s1. The number of nitrogens with one attached hydrogen (secondary N) is 4. The predicted octanol–water partition coefficient (Wildman–Crippen LogP) is 6.45. The number of unbranched alkanes of at least 4 members (excludes halogenated alkanes) is 1. The molecule has 1 aliphatic heterocycles. The first-order chi connectivity index (χ1) is 30.4. The lowest BCUT2D eigenvalue weighted by molar-refractivity contribution is -0.137. The van der Waals surface area contributed by atoms with E-state index in [1.165, 1.54) is 12.4 Å². The van der Waals surface area contributed by atoms with Crippen molar-refractivity contribution in [1.29, 1.82) is 0 Å². The van der Waals surface area contributed by atoms with Crippen LogP contribution in [0.2, 0.25) is 0 Å². The van der Waals surface area contributed by atoms with Crippen molar-refractivity contribution < 1.29 is 46.6 Å². The highest BCUT2D eigenvalue weighted by atomic mass is 19.4. The molecule has 64 heavy (non-hydrogen) atoms. The summed E-state index contributed by atoms with van der Waals surface area (Å²) in [6.07, 6.45) is 4.57. The lowest BCUT2D eigenvalue weighted by Gasteiger charge is -2.45. The van der Waals surface area contributed by atoms with Gasteiger partial charge in [0.05, 0.1) is 23.2 Å². The minimum absolute atomic E-state index is 0.00988. The molecule has 0 spiro atoms. The van der Waals surface area contributed by atoms with Gasteiger partial charge in [-0.3, -0.25) is 14.4 Å². The van der Waals surface area contributed by atoms with Crippen LogP contribution < -0.4 is 21.3 Å². The van der Waals surface area contributed by atoms with Crippen molar-refractivity contribution >= 4 is 40.5 Å². The van der Waals surface area contributed by atoms with Crippen LogP contribution in [0.3, 0.4) is 0 Å². The number of nitrogens with zero attached hydrogens (tertiary/aromatic N) is 4. The van der Waals surface area contributed by atoms with E-state index in [2.05, 4.69) is 57.0 Å². The lowest BCUT2D eigenvalue weighted by Crippen LogP contribution is -2.59. The molecule has 2 aliphatic carbocycles. The van der Waals surface area contributed by atoms with E-state index >= 15 is 0 Å². The van der Waals surface area contributed by atoms with Gasteiger partial charge in [0.2, 0.25) is 17.7 Å². The topological polar surface area (TPSA) is 176 Å². The molecule has 0 unspecified atom stereocenters. The molecule has 4 N–H and O–H groups in total. The van der Waals surface area contributed by atoms with Crippen LogP contribution in [0.15, 0.2) is 24.5 Å². The molecule has 0 bridgehead atoms. The largest absolute Gasteiger partial charge is 0.444 e. The fraction of sp³-hybridized carbons (Fsp3) is 0.739. The van der Waals surface area contributed by atoms with Gasteiger partial charge in [-0.05, 0) is 137 Å². The molecule has 1 saturated heterocycles. The number of halogens is 3. The summed E-state index contributed by atoms with van der Waals surface area (Å²) in [6, 6.07) is 2.59. The summed E-state index contributed by atoms with van der Waals surface area (Å²) in [5, 5.41) is 12.4. The first-order valence-corrected chi connectivity index (χ1v) is 23.2. The summed E-state index contributed by atoms with van der Waals surface area (Å²) in [5.74, 6) is -0.416. The van der Waals surface area contributed by atoms with E-state index in [0.29, 0.717) is 115 Å². The molecule has 3 fully saturated rings. The quantitative estimate of drug-likeness (QED) is 0.101. The second kappa shape index (κ2) is 23.8. The minimum Gasteiger partial charge on any atom is -0.444 e. The Bertz CT molecular complexity index is 1840. The predicted molar refractivity (Wildman–Crippen MR) is 237 cm³/mol. The SMILES string of the molecule is CC(C)N(C)[C@@H]1CC[C@H](N2CC[C@H](Nc3ncnc4ccc(C(F)(F)F)cc34)C2=O)[C@H](NC(=O)C2CCC(C(=O)NCCCOCCCCOCCCNC(=O)OC(C)(C)C)CC2)C1. The average Bonchev–Trinajstić information content (AvgIpc) is 3.60. The zero-order chi connectivity index (χ0) is 46.4. The first-order valence-electron chi connectivity index (χ1n) is 23.2. The number of fused-ring (bicyclic) bond motifs is 1. The fourth-order valence-corrected chi connectivity index (χ4v) is 8.87. The summed E-state index contributed by atoms with van der Waals surface area (Å²) >= 11 is 0. The molecule has 15 nitrogen and oxygen atoms in total. The van der Waals surface area contributed by atoms with Crippen molar-refractivity contribution in [2.75, 3.05) is 58.4 Å². The van der Waals surface area contributed by atoms with Gasteiger partial charge < -0.3 is 45.3 Å². The number of aromatic nitrogens is 2. The van der Waals surface area contributed by atoms with Crippen LogP contribution in [0.25, 0.3) is 10.9 Å². The average molecular weight is 905 g/mol. The molecule has 2 saturated carbocycles. The Morgan fingerprint density at radius 1 is 0.844 bits per heavy atom. The van der Waals surface area contributed by atoms with Crippen molar-refractivity contribution in [2.45, 2.75) is 154 Å². The maximum Gasteiger partial charge on any atom is 0.416 e. The molecule has 18 heteroatoms. The number of hydrogen-bond donors (Lipinski definition) is 4. The zero-order valence-electron chi connectivity index (χ0n) is 38.6. The second-order valence-corrected chi connectivity index (χ2v) is 18.8. The lowest BCUT2D eigenvalue weighted by atomic mass is 9.80. The summed E-state index contributed by atoms with van der Waals surface area (Å²) < 4.78 is 57.2. The normalized spacial score (nSPS) is 23.1. The van der Waals surface area contributed by atoms with E-state index in [4.69, 9.17) is 14.2 Å². The Morgan fingerprint density at radius 3 is 2.09 bits per heavy atom. The fourth-order valence-electron chi connectivity index (χ4n) is 8.87. The van der Waals surface area contributed by atoms with Crippen molar-refractivity contribution in [3.63, 3.8) is 0 Å². The van der Waals surface area contributed by atoms with E-state index in [1.54, 1.807) is 0 Å². The molecular formula is C46H71F3N8O7. The molecule has 1 aromatic carbocycles. The number of anilines is 1. The minimum atomic E-state index is -4.54. The first kappa shape index (κ1) is 50.7. The van der Waals surface area contributed by atoms with Crippen LogP contribution in [-0.4, -0.2) is 133 Å². The van der Waals surface area contributed by atoms with Crippen LogP contribution in [-0.2, 0) is 34.8 Å². The maximum absolute atomic E-state index is 14.0. The monoisotopic (exact) mass is 905 g/mol. The zero-order valence-corrected chi connectivity index (χ0v) is 38.6. The second-order valence-electron chi connectivity index (χ2n) is 18.8. The molecule has 3 aliphatic rings. The Kier molecular flexibility index (Phi) is 18.8. The van der Waals surface area contributed by atoms with Crippen molar-refractivity contribution in [1.82, 2.24) is 35.7 Å². The van der Waals surface area contributed by atoms with Crippen LogP contribution in [0.4, 0.5) is 23.8 Å². The smallest absolute Gasteiger partial charge is 0.416 e. The summed E-state index contributed by atoms with van der Waals surface area (Å²) in [5.41, 5.74) is -0.999. The number of rotatable bonds is 21. The highest BCUT2D eigenvalue weighted by Gasteiger charge is 2.44. The van der Waals surface area contributed by atoms with E-state index in [1.807, 2.05) is 25.7 Å². The Labute approximate surface area is 376 Å².